The van der Waals surface area contributed by atoms with Crippen LogP contribution in [-0.2, 0) is 9.47 Å². The molecule has 0 fully saturated rings. The highest BCUT2D eigenvalue weighted by molar-refractivity contribution is 7.99. The van der Waals surface area contributed by atoms with Crippen LogP contribution in [0.5, 0.6) is 0 Å². The molecular formula is C10H13ClO2S. The minimum absolute atomic E-state index is 0.604. The Morgan fingerprint density at radius 1 is 1.29 bits per heavy atom. The molecule has 0 aliphatic heterocycles. The van der Waals surface area contributed by atoms with Gasteiger partial charge in [-0.15, -0.1) is 0 Å². The van der Waals surface area contributed by atoms with Crippen LogP contribution in [0.3, 0.4) is 0 Å². The molecule has 0 radical (unpaired) electrons. The summed E-state index contributed by atoms with van der Waals surface area (Å²) in [7, 11) is 1.66. The SMILES string of the molecule is COCCOCSc1ccccc1Cl. The van der Waals surface area contributed by atoms with Crippen molar-refractivity contribution in [3.8, 4) is 0 Å². The lowest BCUT2D eigenvalue weighted by Gasteiger charge is -2.04. The molecule has 14 heavy (non-hydrogen) atoms. The number of halogens is 1. The molecule has 0 saturated carbocycles. The van der Waals surface area contributed by atoms with Gasteiger partial charge in [0, 0.05) is 12.0 Å². The van der Waals surface area contributed by atoms with Gasteiger partial charge in [0.25, 0.3) is 0 Å². The minimum atomic E-state index is 0.604. The lowest BCUT2D eigenvalue weighted by Crippen LogP contribution is -2.00. The van der Waals surface area contributed by atoms with Crippen LogP contribution in [0.4, 0.5) is 0 Å². The molecule has 0 aliphatic carbocycles. The minimum Gasteiger partial charge on any atom is -0.382 e. The van der Waals surface area contributed by atoms with Crippen molar-refractivity contribution in [1.82, 2.24) is 0 Å². The van der Waals surface area contributed by atoms with Crippen LogP contribution in [0, 0.1) is 0 Å². The summed E-state index contributed by atoms with van der Waals surface area (Å²) >= 11 is 7.55. The van der Waals surface area contributed by atoms with Crippen molar-refractivity contribution in [3.63, 3.8) is 0 Å². The first-order chi connectivity index (χ1) is 6.84. The molecule has 0 spiro atoms. The molecule has 0 bridgehead atoms. The maximum absolute atomic E-state index is 5.96. The van der Waals surface area contributed by atoms with Crippen LogP contribution >= 0.6 is 23.4 Å². The van der Waals surface area contributed by atoms with Crippen molar-refractivity contribution >= 4 is 23.4 Å². The van der Waals surface area contributed by atoms with E-state index in [-0.39, 0.29) is 0 Å². The monoisotopic (exact) mass is 232 g/mol. The van der Waals surface area contributed by atoms with Crippen LogP contribution in [0.1, 0.15) is 0 Å². The second kappa shape index (κ2) is 7.12. The van der Waals surface area contributed by atoms with E-state index in [9.17, 15) is 0 Å². The van der Waals surface area contributed by atoms with E-state index in [1.807, 2.05) is 24.3 Å². The molecule has 1 rings (SSSR count). The van der Waals surface area contributed by atoms with Crippen molar-refractivity contribution in [1.29, 1.82) is 0 Å². The van der Waals surface area contributed by atoms with E-state index in [1.54, 1.807) is 18.9 Å². The summed E-state index contributed by atoms with van der Waals surface area (Å²) in [5.74, 6) is 0.604. The molecule has 0 saturated heterocycles. The average Bonchev–Trinajstić information content (AvgIpc) is 2.20. The largest absolute Gasteiger partial charge is 0.382 e. The Balaban J connectivity index is 2.21. The Hall–Kier alpha value is -0.220. The number of ether oxygens (including phenoxy) is 2. The van der Waals surface area contributed by atoms with E-state index >= 15 is 0 Å². The number of methoxy groups -OCH3 is 1. The van der Waals surface area contributed by atoms with Crippen molar-refractivity contribution in [2.24, 2.45) is 0 Å². The van der Waals surface area contributed by atoms with Gasteiger partial charge in [-0.05, 0) is 12.1 Å². The van der Waals surface area contributed by atoms with Crippen molar-refractivity contribution in [3.05, 3.63) is 29.3 Å². The van der Waals surface area contributed by atoms with Gasteiger partial charge in [-0.25, -0.2) is 0 Å². The van der Waals surface area contributed by atoms with E-state index in [1.165, 1.54) is 0 Å². The van der Waals surface area contributed by atoms with Gasteiger partial charge in [0.05, 0.1) is 24.2 Å². The second-order valence-electron chi connectivity index (χ2n) is 2.59. The lowest BCUT2D eigenvalue weighted by molar-refractivity contribution is 0.0953. The van der Waals surface area contributed by atoms with Gasteiger partial charge in [-0.1, -0.05) is 35.5 Å². The third kappa shape index (κ3) is 4.33. The number of rotatable bonds is 6. The van der Waals surface area contributed by atoms with Crippen LogP contribution in [0.2, 0.25) is 5.02 Å². The molecule has 78 valence electrons. The van der Waals surface area contributed by atoms with Gasteiger partial charge >= 0.3 is 0 Å². The van der Waals surface area contributed by atoms with Gasteiger partial charge in [-0.2, -0.15) is 0 Å². The second-order valence-corrected chi connectivity index (χ2v) is 3.97. The first-order valence-corrected chi connectivity index (χ1v) is 5.65. The van der Waals surface area contributed by atoms with Gasteiger partial charge < -0.3 is 9.47 Å². The fraction of sp³-hybridized carbons (Fsp3) is 0.400. The quantitative estimate of drug-likeness (QED) is 0.427. The van der Waals surface area contributed by atoms with Gasteiger partial charge in [0.15, 0.2) is 0 Å². The van der Waals surface area contributed by atoms with Gasteiger partial charge in [0.2, 0.25) is 0 Å². The standard InChI is InChI=1S/C10H13ClO2S/c1-12-6-7-13-8-14-10-5-3-2-4-9(10)11/h2-5H,6-8H2,1H3. The number of benzene rings is 1. The molecule has 0 heterocycles. The van der Waals surface area contributed by atoms with E-state index in [0.29, 0.717) is 19.2 Å². The highest BCUT2D eigenvalue weighted by Crippen LogP contribution is 2.26. The summed E-state index contributed by atoms with van der Waals surface area (Å²) in [4.78, 5) is 1.05. The summed E-state index contributed by atoms with van der Waals surface area (Å²) in [6.07, 6.45) is 0. The summed E-state index contributed by atoms with van der Waals surface area (Å²) in [5, 5.41) is 0.771. The average molecular weight is 233 g/mol. The Bertz CT molecular complexity index is 268. The van der Waals surface area contributed by atoms with Crippen molar-refractivity contribution in [2.75, 3.05) is 26.3 Å². The fourth-order valence-electron chi connectivity index (χ4n) is 0.868. The summed E-state index contributed by atoms with van der Waals surface area (Å²) in [5.41, 5.74) is 0. The van der Waals surface area contributed by atoms with E-state index in [0.717, 1.165) is 9.92 Å². The Kier molecular flexibility index (Phi) is 6.03. The number of hydrogen-bond donors (Lipinski definition) is 0. The zero-order chi connectivity index (χ0) is 10.2. The van der Waals surface area contributed by atoms with Crippen molar-refractivity contribution < 1.29 is 9.47 Å². The Morgan fingerprint density at radius 2 is 2.07 bits per heavy atom. The first kappa shape index (κ1) is 11.9. The maximum atomic E-state index is 5.96. The molecule has 1 aromatic rings. The zero-order valence-corrected chi connectivity index (χ0v) is 9.61. The topological polar surface area (TPSA) is 18.5 Å². The van der Waals surface area contributed by atoms with Crippen molar-refractivity contribution in [2.45, 2.75) is 4.90 Å². The Morgan fingerprint density at radius 3 is 2.79 bits per heavy atom. The first-order valence-electron chi connectivity index (χ1n) is 4.28. The highest BCUT2D eigenvalue weighted by atomic mass is 35.5. The van der Waals surface area contributed by atoms with E-state index < -0.39 is 0 Å². The fourth-order valence-corrected chi connectivity index (χ4v) is 1.88. The molecule has 0 unspecified atom stereocenters. The molecule has 0 aromatic heterocycles. The number of hydrogen-bond acceptors (Lipinski definition) is 3. The molecule has 1 aromatic carbocycles. The third-order valence-electron chi connectivity index (χ3n) is 1.57. The molecule has 0 N–H and O–H groups in total. The molecule has 0 aliphatic rings. The maximum Gasteiger partial charge on any atom is 0.0968 e. The normalized spacial score (nSPS) is 10.4. The highest BCUT2D eigenvalue weighted by Gasteiger charge is 1.98. The zero-order valence-electron chi connectivity index (χ0n) is 8.03. The smallest absolute Gasteiger partial charge is 0.0968 e. The van der Waals surface area contributed by atoms with Gasteiger partial charge in [0.1, 0.15) is 0 Å². The van der Waals surface area contributed by atoms with Crippen LogP contribution in [0.25, 0.3) is 0 Å². The molecule has 2 nitrogen and oxygen atoms in total. The van der Waals surface area contributed by atoms with E-state index in [4.69, 9.17) is 21.1 Å². The molecular weight excluding hydrogens is 220 g/mol. The summed E-state index contributed by atoms with van der Waals surface area (Å²) in [6.45, 7) is 1.25. The lowest BCUT2D eigenvalue weighted by atomic mass is 10.4. The summed E-state index contributed by atoms with van der Waals surface area (Å²) < 4.78 is 10.2. The molecule has 4 heteroatoms. The predicted octanol–water partition coefficient (Wildman–Crippen LogP) is 3.05. The molecule has 0 atom stereocenters. The predicted molar refractivity (Wildman–Crippen MR) is 60.0 cm³/mol. The molecule has 0 amide bonds. The summed E-state index contributed by atoms with van der Waals surface area (Å²) in [6, 6.07) is 7.73. The van der Waals surface area contributed by atoms with Crippen LogP contribution < -0.4 is 0 Å². The van der Waals surface area contributed by atoms with Crippen LogP contribution in [-0.4, -0.2) is 26.3 Å². The number of thioether (sulfide) groups is 1. The van der Waals surface area contributed by atoms with E-state index in [2.05, 4.69) is 0 Å². The third-order valence-corrected chi connectivity index (χ3v) is 2.96. The van der Waals surface area contributed by atoms with Gasteiger partial charge in [-0.3, -0.25) is 0 Å². The van der Waals surface area contributed by atoms with Crippen LogP contribution in [0.15, 0.2) is 29.2 Å². The Labute approximate surface area is 93.5 Å².